The van der Waals surface area contributed by atoms with Crippen molar-refractivity contribution < 1.29 is 4.42 Å². The van der Waals surface area contributed by atoms with Crippen LogP contribution in [0, 0.1) is 0 Å². The number of rotatable bonds is 2. The fraction of sp³-hybridized carbons (Fsp3) is 0.190. The molecule has 0 aliphatic heterocycles. The Balaban J connectivity index is 2.07. The minimum absolute atomic E-state index is 0.0823. The maximum atomic E-state index is 13.1. The van der Waals surface area contributed by atoms with E-state index in [4.69, 9.17) is 4.42 Å². The van der Waals surface area contributed by atoms with E-state index in [0.717, 1.165) is 36.0 Å². The molecule has 0 unspecified atom stereocenters. The quantitative estimate of drug-likeness (QED) is 0.633. The minimum Gasteiger partial charge on any atom is -0.455 e. The van der Waals surface area contributed by atoms with Gasteiger partial charge in [-0.1, -0.05) is 48.5 Å². The van der Waals surface area contributed by atoms with Gasteiger partial charge in [-0.2, -0.15) is 0 Å². The van der Waals surface area contributed by atoms with E-state index in [-0.39, 0.29) is 5.43 Å². The van der Waals surface area contributed by atoms with Crippen molar-refractivity contribution in [1.82, 2.24) is 0 Å². The molecule has 1 heterocycles. The van der Waals surface area contributed by atoms with Crippen molar-refractivity contribution in [2.75, 3.05) is 0 Å². The largest absolute Gasteiger partial charge is 0.455 e. The van der Waals surface area contributed by atoms with Crippen LogP contribution in [-0.2, 0) is 0 Å². The zero-order valence-electron chi connectivity index (χ0n) is 12.9. The Labute approximate surface area is 135 Å². The van der Waals surface area contributed by atoms with E-state index in [9.17, 15) is 4.79 Å². The van der Waals surface area contributed by atoms with Gasteiger partial charge in [-0.15, -0.1) is 0 Å². The highest BCUT2D eigenvalue weighted by Gasteiger charge is 2.20. The molecule has 2 heteroatoms. The molecule has 0 bridgehead atoms. The second kappa shape index (κ2) is 5.88. The third kappa shape index (κ3) is 2.50. The minimum atomic E-state index is 0.0823. The standard InChI is InChI=1S/C21H18O2/c22-20-17-13-7-8-14-18(17)23-21(16-11-5-2-6-12-16)19(20)15-9-3-1-4-10-15/h2,5-9,11-14H,1,3-4,10H2. The molecule has 3 aromatic rings. The van der Waals surface area contributed by atoms with E-state index in [2.05, 4.69) is 6.08 Å². The van der Waals surface area contributed by atoms with Crippen molar-refractivity contribution in [2.45, 2.75) is 25.7 Å². The first-order valence-corrected chi connectivity index (χ1v) is 8.15. The smallest absolute Gasteiger partial charge is 0.200 e. The predicted molar refractivity (Wildman–Crippen MR) is 94.4 cm³/mol. The number of fused-ring (bicyclic) bond motifs is 1. The van der Waals surface area contributed by atoms with Crippen LogP contribution in [0.25, 0.3) is 27.9 Å². The van der Waals surface area contributed by atoms with Gasteiger partial charge in [0.2, 0.25) is 5.43 Å². The summed E-state index contributed by atoms with van der Waals surface area (Å²) in [7, 11) is 0. The first-order valence-electron chi connectivity index (χ1n) is 8.15. The molecule has 0 fully saturated rings. The molecule has 1 aromatic heterocycles. The SMILES string of the molecule is O=c1c(C2=CCCCC2)c(-c2ccccc2)oc2ccccc12. The number of para-hydroxylation sites is 1. The Morgan fingerprint density at radius 1 is 0.870 bits per heavy atom. The highest BCUT2D eigenvalue weighted by atomic mass is 16.3. The molecule has 0 radical (unpaired) electrons. The highest BCUT2D eigenvalue weighted by Crippen LogP contribution is 2.34. The van der Waals surface area contributed by atoms with Gasteiger partial charge in [0.1, 0.15) is 11.3 Å². The molecule has 114 valence electrons. The molecule has 23 heavy (non-hydrogen) atoms. The summed E-state index contributed by atoms with van der Waals surface area (Å²) in [4.78, 5) is 13.1. The maximum Gasteiger partial charge on any atom is 0.200 e. The van der Waals surface area contributed by atoms with Crippen molar-refractivity contribution in [1.29, 1.82) is 0 Å². The van der Waals surface area contributed by atoms with Gasteiger partial charge in [0.05, 0.1) is 10.9 Å². The van der Waals surface area contributed by atoms with Gasteiger partial charge in [-0.05, 0) is 43.4 Å². The molecule has 0 saturated carbocycles. The van der Waals surface area contributed by atoms with Crippen molar-refractivity contribution >= 4 is 16.5 Å². The molecule has 0 saturated heterocycles. The second-order valence-electron chi connectivity index (χ2n) is 5.97. The van der Waals surface area contributed by atoms with Crippen molar-refractivity contribution in [2.24, 2.45) is 0 Å². The van der Waals surface area contributed by atoms with E-state index < -0.39 is 0 Å². The lowest BCUT2D eigenvalue weighted by molar-refractivity contribution is 0.615. The average Bonchev–Trinajstić information content (AvgIpc) is 2.63. The summed E-state index contributed by atoms with van der Waals surface area (Å²) in [6.07, 6.45) is 6.52. The van der Waals surface area contributed by atoms with Gasteiger partial charge < -0.3 is 4.42 Å². The maximum absolute atomic E-state index is 13.1. The number of benzene rings is 2. The fourth-order valence-electron chi connectivity index (χ4n) is 3.29. The van der Waals surface area contributed by atoms with Crippen LogP contribution < -0.4 is 5.43 Å². The van der Waals surface area contributed by atoms with Gasteiger partial charge >= 0.3 is 0 Å². The van der Waals surface area contributed by atoms with E-state index in [0.29, 0.717) is 16.7 Å². The van der Waals surface area contributed by atoms with Crippen LogP contribution in [0.2, 0.25) is 0 Å². The summed E-state index contributed by atoms with van der Waals surface area (Å²) in [6.45, 7) is 0. The second-order valence-corrected chi connectivity index (χ2v) is 5.97. The van der Waals surface area contributed by atoms with Crippen molar-refractivity contribution in [3.05, 3.63) is 76.5 Å². The lowest BCUT2D eigenvalue weighted by Gasteiger charge is -2.16. The van der Waals surface area contributed by atoms with Crippen LogP contribution in [0.4, 0.5) is 0 Å². The van der Waals surface area contributed by atoms with Gasteiger partial charge in [0.25, 0.3) is 0 Å². The number of hydrogen-bond acceptors (Lipinski definition) is 2. The number of hydrogen-bond donors (Lipinski definition) is 0. The van der Waals surface area contributed by atoms with Crippen LogP contribution in [-0.4, -0.2) is 0 Å². The lowest BCUT2D eigenvalue weighted by Crippen LogP contribution is -2.11. The summed E-state index contributed by atoms with van der Waals surface area (Å²) in [5, 5.41) is 0.661. The molecule has 1 aliphatic carbocycles. The first kappa shape index (κ1) is 14.0. The Bertz CT molecular complexity index is 933. The van der Waals surface area contributed by atoms with Crippen molar-refractivity contribution in [3.63, 3.8) is 0 Å². The number of allylic oxidation sites excluding steroid dienone is 2. The van der Waals surface area contributed by atoms with E-state index in [1.807, 2.05) is 54.6 Å². The van der Waals surface area contributed by atoms with E-state index in [1.165, 1.54) is 6.42 Å². The molecule has 0 atom stereocenters. The Hall–Kier alpha value is -2.61. The lowest BCUT2D eigenvalue weighted by atomic mass is 9.90. The van der Waals surface area contributed by atoms with Crippen LogP contribution in [0.5, 0.6) is 0 Å². The van der Waals surface area contributed by atoms with Gasteiger partial charge in [-0.25, -0.2) is 0 Å². The van der Waals surface area contributed by atoms with Crippen molar-refractivity contribution in [3.8, 4) is 11.3 Å². The van der Waals surface area contributed by atoms with Crippen LogP contribution in [0.1, 0.15) is 31.2 Å². The van der Waals surface area contributed by atoms with E-state index >= 15 is 0 Å². The van der Waals surface area contributed by atoms with Gasteiger partial charge in [-0.3, -0.25) is 4.79 Å². The summed E-state index contributed by atoms with van der Waals surface area (Å²) >= 11 is 0. The molecule has 1 aliphatic rings. The Morgan fingerprint density at radius 2 is 1.65 bits per heavy atom. The topological polar surface area (TPSA) is 30.2 Å². The monoisotopic (exact) mass is 302 g/mol. The van der Waals surface area contributed by atoms with Gasteiger partial charge in [0, 0.05) is 5.56 Å². The fourth-order valence-corrected chi connectivity index (χ4v) is 3.29. The normalized spacial score (nSPS) is 14.7. The molecular weight excluding hydrogens is 284 g/mol. The molecule has 2 aromatic carbocycles. The highest BCUT2D eigenvalue weighted by molar-refractivity contribution is 5.87. The molecule has 2 nitrogen and oxygen atoms in total. The van der Waals surface area contributed by atoms with Crippen LogP contribution in [0.15, 0.2) is 69.9 Å². The molecular formula is C21H18O2. The van der Waals surface area contributed by atoms with Gasteiger partial charge in [0.15, 0.2) is 0 Å². The molecule has 4 rings (SSSR count). The summed E-state index contributed by atoms with van der Waals surface area (Å²) in [5.74, 6) is 0.697. The zero-order valence-corrected chi connectivity index (χ0v) is 12.9. The summed E-state index contributed by atoms with van der Waals surface area (Å²) < 4.78 is 6.17. The third-order valence-electron chi connectivity index (χ3n) is 4.45. The van der Waals surface area contributed by atoms with Crippen LogP contribution in [0.3, 0.4) is 0 Å². The zero-order chi connectivity index (χ0) is 15.6. The summed E-state index contributed by atoms with van der Waals surface area (Å²) in [6, 6.07) is 17.4. The third-order valence-corrected chi connectivity index (χ3v) is 4.45. The van der Waals surface area contributed by atoms with Crippen LogP contribution >= 0.6 is 0 Å². The summed E-state index contributed by atoms with van der Waals surface area (Å²) in [5.41, 5.74) is 3.57. The predicted octanol–water partition coefficient (Wildman–Crippen LogP) is 5.42. The van der Waals surface area contributed by atoms with E-state index in [1.54, 1.807) is 0 Å². The average molecular weight is 302 g/mol. The molecule has 0 N–H and O–H groups in total. The Kier molecular flexibility index (Phi) is 3.58. The molecule has 0 amide bonds. The first-order chi connectivity index (χ1) is 11.3. The Morgan fingerprint density at radius 3 is 2.43 bits per heavy atom. The molecule has 0 spiro atoms.